The average Bonchev–Trinajstić information content (AvgIpc) is 2.28. The molecule has 0 heterocycles. The Morgan fingerprint density at radius 1 is 1.35 bits per heavy atom. The van der Waals surface area contributed by atoms with E-state index in [0.29, 0.717) is 12.0 Å². The van der Waals surface area contributed by atoms with Gasteiger partial charge >= 0.3 is 0 Å². The molecule has 3 nitrogen and oxygen atoms in total. The molecule has 0 aliphatic carbocycles. The Kier molecular flexibility index (Phi) is 4.48. The first kappa shape index (κ1) is 13.9. The number of aliphatic hydroxyl groups excluding tert-OH is 1. The minimum atomic E-state index is -0.759. The maximum atomic E-state index is 13.5. The Hall–Kier alpha value is -1.13. The van der Waals surface area contributed by atoms with Crippen molar-refractivity contribution >= 4 is 0 Å². The summed E-state index contributed by atoms with van der Waals surface area (Å²) in [6, 6.07) is 4.45. The third-order valence-corrected chi connectivity index (χ3v) is 2.80. The van der Waals surface area contributed by atoms with Crippen molar-refractivity contribution in [1.29, 1.82) is 0 Å². The molecule has 0 bridgehead atoms. The molecule has 0 spiro atoms. The summed E-state index contributed by atoms with van der Waals surface area (Å²) in [6.07, 6.45) is -0.361. The molecule has 1 unspecified atom stereocenters. The van der Waals surface area contributed by atoms with E-state index in [1.54, 1.807) is 13.2 Å². The van der Waals surface area contributed by atoms with E-state index in [4.69, 9.17) is 9.47 Å². The molecule has 4 heteroatoms. The van der Waals surface area contributed by atoms with Gasteiger partial charge in [-0.05, 0) is 31.5 Å². The molecular formula is C13H19FO3. The van der Waals surface area contributed by atoms with Crippen LogP contribution in [0.3, 0.4) is 0 Å². The highest BCUT2D eigenvalue weighted by Crippen LogP contribution is 2.28. The maximum Gasteiger partial charge on any atom is 0.165 e. The largest absolute Gasteiger partial charge is 0.494 e. The van der Waals surface area contributed by atoms with E-state index in [-0.39, 0.29) is 5.75 Å². The fraction of sp³-hybridized carbons (Fsp3) is 0.538. The lowest BCUT2D eigenvalue weighted by Gasteiger charge is -2.26. The van der Waals surface area contributed by atoms with Crippen molar-refractivity contribution in [1.82, 2.24) is 0 Å². The first-order valence-corrected chi connectivity index (χ1v) is 5.46. The van der Waals surface area contributed by atoms with Gasteiger partial charge in [0.05, 0.1) is 18.8 Å². The van der Waals surface area contributed by atoms with Crippen LogP contribution < -0.4 is 4.74 Å². The van der Waals surface area contributed by atoms with Crippen molar-refractivity contribution in [3.8, 4) is 5.75 Å². The van der Waals surface area contributed by atoms with Crippen LogP contribution in [0.1, 0.15) is 31.9 Å². The number of rotatable bonds is 5. The number of benzene rings is 1. The van der Waals surface area contributed by atoms with Gasteiger partial charge in [-0.1, -0.05) is 6.07 Å². The summed E-state index contributed by atoms with van der Waals surface area (Å²) >= 11 is 0. The number of hydrogen-bond donors (Lipinski definition) is 1. The summed E-state index contributed by atoms with van der Waals surface area (Å²) in [5.74, 6) is -0.300. The first-order valence-electron chi connectivity index (χ1n) is 5.46. The topological polar surface area (TPSA) is 38.7 Å². The second-order valence-corrected chi connectivity index (χ2v) is 4.58. The molecule has 0 amide bonds. The van der Waals surface area contributed by atoms with Crippen LogP contribution in [0.25, 0.3) is 0 Å². The van der Waals surface area contributed by atoms with Gasteiger partial charge < -0.3 is 14.6 Å². The molecular weight excluding hydrogens is 223 g/mol. The third kappa shape index (κ3) is 3.68. The van der Waals surface area contributed by atoms with Gasteiger partial charge in [0.15, 0.2) is 11.6 Å². The average molecular weight is 242 g/mol. The van der Waals surface area contributed by atoms with Crippen LogP contribution in [0.2, 0.25) is 0 Å². The van der Waals surface area contributed by atoms with E-state index >= 15 is 0 Å². The second kappa shape index (κ2) is 5.47. The zero-order valence-corrected chi connectivity index (χ0v) is 10.7. The monoisotopic (exact) mass is 242 g/mol. The standard InChI is InChI=1S/C13H19FO3/c1-13(2,17-4)8-11(15)9-5-6-12(16-3)10(14)7-9/h5-7,11,15H,8H2,1-4H3. The molecule has 0 saturated heterocycles. The van der Waals surface area contributed by atoms with Crippen LogP contribution >= 0.6 is 0 Å². The zero-order valence-electron chi connectivity index (χ0n) is 10.7. The van der Waals surface area contributed by atoms with Gasteiger partial charge in [-0.2, -0.15) is 0 Å². The molecule has 1 aromatic carbocycles. The summed E-state index contributed by atoms with van der Waals surface area (Å²) in [5, 5.41) is 9.99. The smallest absolute Gasteiger partial charge is 0.165 e. The lowest BCUT2D eigenvalue weighted by Crippen LogP contribution is -2.25. The van der Waals surface area contributed by atoms with Gasteiger partial charge in [0.1, 0.15) is 0 Å². The van der Waals surface area contributed by atoms with Gasteiger partial charge in [0.2, 0.25) is 0 Å². The fourth-order valence-corrected chi connectivity index (χ4v) is 1.56. The summed E-state index contributed by atoms with van der Waals surface area (Å²) in [4.78, 5) is 0. The third-order valence-electron chi connectivity index (χ3n) is 2.80. The number of methoxy groups -OCH3 is 2. The molecule has 1 rings (SSSR count). The minimum Gasteiger partial charge on any atom is -0.494 e. The number of halogens is 1. The Balaban J connectivity index is 2.83. The lowest BCUT2D eigenvalue weighted by molar-refractivity contribution is -0.0201. The van der Waals surface area contributed by atoms with Crippen LogP contribution in [0.4, 0.5) is 4.39 Å². The molecule has 0 radical (unpaired) electrons. The van der Waals surface area contributed by atoms with Crippen LogP contribution in [-0.2, 0) is 4.74 Å². The van der Waals surface area contributed by atoms with Crippen molar-refractivity contribution in [3.63, 3.8) is 0 Å². The van der Waals surface area contributed by atoms with Crippen molar-refractivity contribution in [2.45, 2.75) is 32.0 Å². The fourth-order valence-electron chi connectivity index (χ4n) is 1.56. The van der Waals surface area contributed by atoms with E-state index in [9.17, 15) is 9.50 Å². The van der Waals surface area contributed by atoms with E-state index in [2.05, 4.69) is 0 Å². The number of ether oxygens (including phenoxy) is 2. The molecule has 0 aliphatic heterocycles. The molecule has 0 fully saturated rings. The summed E-state index contributed by atoms with van der Waals surface area (Å²) in [6.45, 7) is 3.74. The highest BCUT2D eigenvalue weighted by molar-refractivity contribution is 5.30. The van der Waals surface area contributed by atoms with Crippen LogP contribution in [0.15, 0.2) is 18.2 Å². The number of hydrogen-bond acceptors (Lipinski definition) is 3. The predicted molar refractivity (Wildman–Crippen MR) is 63.6 cm³/mol. The van der Waals surface area contributed by atoms with Crippen molar-refractivity contribution in [3.05, 3.63) is 29.6 Å². The molecule has 1 aromatic rings. The highest BCUT2D eigenvalue weighted by atomic mass is 19.1. The van der Waals surface area contributed by atoms with E-state index in [0.717, 1.165) is 0 Å². The molecule has 0 aliphatic rings. The van der Waals surface area contributed by atoms with Crippen molar-refractivity contribution in [2.24, 2.45) is 0 Å². The van der Waals surface area contributed by atoms with Crippen LogP contribution in [0.5, 0.6) is 5.75 Å². The van der Waals surface area contributed by atoms with Gasteiger partial charge in [-0.15, -0.1) is 0 Å². The van der Waals surface area contributed by atoms with E-state index in [1.165, 1.54) is 19.2 Å². The van der Waals surface area contributed by atoms with Crippen LogP contribution in [0, 0.1) is 5.82 Å². The van der Waals surface area contributed by atoms with Gasteiger partial charge in [0, 0.05) is 13.5 Å². The van der Waals surface area contributed by atoms with Crippen molar-refractivity contribution in [2.75, 3.05) is 14.2 Å². The molecule has 0 saturated carbocycles. The molecule has 96 valence electrons. The molecule has 1 N–H and O–H groups in total. The van der Waals surface area contributed by atoms with Crippen molar-refractivity contribution < 1.29 is 19.0 Å². The summed E-state index contributed by atoms with van der Waals surface area (Å²) in [5.41, 5.74) is 0.0731. The molecule has 0 aromatic heterocycles. The van der Waals surface area contributed by atoms with Gasteiger partial charge in [0.25, 0.3) is 0 Å². The molecule has 17 heavy (non-hydrogen) atoms. The van der Waals surface area contributed by atoms with Crippen LogP contribution in [-0.4, -0.2) is 24.9 Å². The normalized spacial score (nSPS) is 13.5. The highest BCUT2D eigenvalue weighted by Gasteiger charge is 2.23. The maximum absolute atomic E-state index is 13.5. The summed E-state index contributed by atoms with van der Waals surface area (Å²) < 4.78 is 23.5. The van der Waals surface area contributed by atoms with E-state index < -0.39 is 17.5 Å². The predicted octanol–water partition coefficient (Wildman–Crippen LogP) is 2.68. The Labute approximate surface area is 101 Å². The van der Waals surface area contributed by atoms with Gasteiger partial charge in [-0.3, -0.25) is 0 Å². The number of aliphatic hydroxyl groups is 1. The summed E-state index contributed by atoms with van der Waals surface area (Å²) in [7, 11) is 2.99. The quantitative estimate of drug-likeness (QED) is 0.862. The van der Waals surface area contributed by atoms with Gasteiger partial charge in [-0.25, -0.2) is 4.39 Å². The molecule has 1 atom stereocenters. The second-order valence-electron chi connectivity index (χ2n) is 4.58. The van der Waals surface area contributed by atoms with E-state index in [1.807, 2.05) is 13.8 Å². The SMILES string of the molecule is COc1ccc(C(O)CC(C)(C)OC)cc1F. The lowest BCUT2D eigenvalue weighted by atomic mass is 9.96. The minimum absolute atomic E-state index is 0.173. The Morgan fingerprint density at radius 2 is 2.00 bits per heavy atom. The zero-order chi connectivity index (χ0) is 13.1. The Morgan fingerprint density at radius 3 is 2.47 bits per heavy atom. The Bertz CT molecular complexity index is 377. The first-order chi connectivity index (χ1) is 7.89.